The van der Waals surface area contributed by atoms with Gasteiger partial charge < -0.3 is 15.4 Å². The van der Waals surface area contributed by atoms with Crippen molar-refractivity contribution in [3.05, 3.63) is 52.6 Å². The lowest BCUT2D eigenvalue weighted by Crippen LogP contribution is -2.22. The second-order valence-corrected chi connectivity index (χ2v) is 8.79. The smallest absolute Gasteiger partial charge is 0.270 e. The first kappa shape index (κ1) is 21.3. The third-order valence-electron chi connectivity index (χ3n) is 4.05. The van der Waals surface area contributed by atoms with Crippen molar-refractivity contribution in [1.82, 2.24) is 9.29 Å². The lowest BCUT2D eigenvalue weighted by atomic mass is 10.2. The SMILES string of the molecule is CN(C)S(=O)(=O)c1cccc(NC(=S)N=Nc2c(O)[nH]c3ccc([N+](=O)[O-])cc23)c1. The fourth-order valence-corrected chi connectivity index (χ4v) is 3.66. The van der Waals surface area contributed by atoms with Gasteiger partial charge in [0.1, 0.15) is 0 Å². The molecule has 0 spiro atoms. The van der Waals surface area contributed by atoms with Crippen LogP contribution >= 0.6 is 12.2 Å². The van der Waals surface area contributed by atoms with E-state index in [1.807, 2.05) is 0 Å². The first-order valence-electron chi connectivity index (χ1n) is 8.34. The first-order valence-corrected chi connectivity index (χ1v) is 10.2. The zero-order valence-electron chi connectivity index (χ0n) is 15.7. The Morgan fingerprint density at radius 1 is 1.27 bits per heavy atom. The van der Waals surface area contributed by atoms with E-state index in [4.69, 9.17) is 12.2 Å². The molecule has 0 radical (unpaired) electrons. The Kier molecular flexibility index (Phi) is 5.78. The molecule has 0 aliphatic carbocycles. The number of anilines is 1. The van der Waals surface area contributed by atoms with Crippen molar-refractivity contribution in [2.75, 3.05) is 19.4 Å². The number of aromatic amines is 1. The Morgan fingerprint density at radius 2 is 2.00 bits per heavy atom. The first-order chi connectivity index (χ1) is 14.1. The summed E-state index contributed by atoms with van der Waals surface area (Å²) in [6.07, 6.45) is 0. The lowest BCUT2D eigenvalue weighted by molar-refractivity contribution is -0.384. The highest BCUT2D eigenvalue weighted by Crippen LogP contribution is 2.37. The summed E-state index contributed by atoms with van der Waals surface area (Å²) < 4.78 is 25.6. The van der Waals surface area contributed by atoms with E-state index in [-0.39, 0.29) is 27.3 Å². The average Bonchev–Trinajstić information content (AvgIpc) is 3.00. The number of sulfonamides is 1. The Balaban J connectivity index is 1.85. The summed E-state index contributed by atoms with van der Waals surface area (Å²) in [5.41, 5.74) is 0.632. The van der Waals surface area contributed by atoms with Crippen molar-refractivity contribution in [3.8, 4) is 5.88 Å². The minimum Gasteiger partial charge on any atom is -0.493 e. The van der Waals surface area contributed by atoms with Gasteiger partial charge in [0, 0.05) is 37.3 Å². The number of thiocarbonyl (C=S) groups is 1. The number of H-pyrrole nitrogens is 1. The molecule has 13 heteroatoms. The van der Waals surface area contributed by atoms with E-state index in [0.717, 1.165) is 4.31 Å². The van der Waals surface area contributed by atoms with Gasteiger partial charge in [0.05, 0.1) is 15.3 Å². The summed E-state index contributed by atoms with van der Waals surface area (Å²) in [6, 6.07) is 9.98. The van der Waals surface area contributed by atoms with Crippen LogP contribution in [0.15, 0.2) is 57.6 Å². The van der Waals surface area contributed by atoms with E-state index < -0.39 is 14.9 Å². The van der Waals surface area contributed by atoms with Gasteiger partial charge in [-0.3, -0.25) is 10.1 Å². The minimum absolute atomic E-state index is 0.0122. The highest BCUT2D eigenvalue weighted by molar-refractivity contribution is 7.89. The molecule has 0 amide bonds. The number of aromatic nitrogens is 1. The molecule has 3 N–H and O–H groups in total. The molecule has 0 bridgehead atoms. The van der Waals surface area contributed by atoms with Crippen LogP contribution in [0.25, 0.3) is 10.9 Å². The number of rotatable bonds is 5. The molecule has 0 atom stereocenters. The van der Waals surface area contributed by atoms with E-state index in [0.29, 0.717) is 16.6 Å². The molecule has 0 saturated heterocycles. The van der Waals surface area contributed by atoms with Gasteiger partial charge in [-0.1, -0.05) is 6.07 Å². The summed E-state index contributed by atoms with van der Waals surface area (Å²) in [5, 5.41) is 31.6. The monoisotopic (exact) mass is 448 g/mol. The molecule has 3 aromatic rings. The largest absolute Gasteiger partial charge is 0.493 e. The van der Waals surface area contributed by atoms with Gasteiger partial charge in [-0.05, 0) is 36.5 Å². The summed E-state index contributed by atoms with van der Waals surface area (Å²) in [5.74, 6) is -0.323. The topological polar surface area (TPSA) is 153 Å². The normalized spacial score (nSPS) is 12.0. The number of fused-ring (bicyclic) bond motifs is 1. The maximum absolute atomic E-state index is 12.2. The molecule has 0 unspecified atom stereocenters. The second-order valence-electron chi connectivity index (χ2n) is 6.25. The highest BCUT2D eigenvalue weighted by Gasteiger charge is 2.18. The van der Waals surface area contributed by atoms with Crippen molar-refractivity contribution < 1.29 is 18.4 Å². The Hall–Kier alpha value is -3.42. The lowest BCUT2D eigenvalue weighted by Gasteiger charge is -2.12. The van der Waals surface area contributed by atoms with Crippen molar-refractivity contribution in [2.24, 2.45) is 10.2 Å². The zero-order chi connectivity index (χ0) is 22.1. The molecule has 11 nitrogen and oxygen atoms in total. The highest BCUT2D eigenvalue weighted by atomic mass is 32.2. The van der Waals surface area contributed by atoms with E-state index in [1.165, 1.54) is 44.4 Å². The number of benzene rings is 2. The molecule has 2 aromatic carbocycles. The van der Waals surface area contributed by atoms with Gasteiger partial charge in [0.25, 0.3) is 5.69 Å². The molecule has 0 fully saturated rings. The van der Waals surface area contributed by atoms with Crippen LogP contribution in [-0.2, 0) is 10.0 Å². The predicted molar refractivity (Wildman–Crippen MR) is 115 cm³/mol. The van der Waals surface area contributed by atoms with Crippen LogP contribution in [0, 0.1) is 10.1 Å². The fraction of sp³-hybridized carbons (Fsp3) is 0.118. The maximum atomic E-state index is 12.2. The van der Waals surface area contributed by atoms with Crippen molar-refractivity contribution in [1.29, 1.82) is 0 Å². The number of azo groups is 1. The zero-order valence-corrected chi connectivity index (χ0v) is 17.4. The molecule has 0 aliphatic rings. The number of non-ortho nitro benzene ring substituents is 1. The van der Waals surface area contributed by atoms with Crippen LogP contribution in [-0.4, -0.2) is 46.9 Å². The van der Waals surface area contributed by atoms with Crippen molar-refractivity contribution >= 4 is 55.3 Å². The molecule has 0 aliphatic heterocycles. The molecular formula is C17H16N6O5S2. The molecule has 156 valence electrons. The van der Waals surface area contributed by atoms with Crippen LogP contribution in [0.4, 0.5) is 17.1 Å². The third-order valence-corrected chi connectivity index (χ3v) is 6.05. The van der Waals surface area contributed by atoms with E-state index in [1.54, 1.807) is 12.1 Å². The van der Waals surface area contributed by atoms with Crippen molar-refractivity contribution in [3.63, 3.8) is 0 Å². The standard InChI is InChI=1S/C17H16N6O5S2/c1-22(2)30(27,28)12-5-3-4-10(8-12)18-17(29)21-20-15-13-9-11(23(25)26)6-7-14(13)19-16(15)24/h3-9,19,24H,1-2H3,(H,18,29). The fourth-order valence-electron chi connectivity index (χ4n) is 2.56. The number of nitro benzene ring substituents is 1. The average molecular weight is 448 g/mol. The van der Waals surface area contributed by atoms with Crippen LogP contribution in [0.3, 0.4) is 0 Å². The second kappa shape index (κ2) is 8.14. The van der Waals surface area contributed by atoms with Crippen LogP contribution in [0.2, 0.25) is 0 Å². The van der Waals surface area contributed by atoms with Gasteiger partial charge in [0.15, 0.2) is 5.69 Å². The number of nitrogens with one attached hydrogen (secondary N) is 2. The molecule has 0 saturated carbocycles. The third kappa shape index (κ3) is 4.27. The number of hydrogen-bond donors (Lipinski definition) is 3. The van der Waals surface area contributed by atoms with Gasteiger partial charge in [0.2, 0.25) is 21.0 Å². The van der Waals surface area contributed by atoms with Gasteiger partial charge in [-0.25, -0.2) is 12.7 Å². The van der Waals surface area contributed by atoms with Gasteiger partial charge in [-0.2, -0.15) is 0 Å². The Labute approximate surface area is 176 Å². The van der Waals surface area contributed by atoms with Gasteiger partial charge in [-0.15, -0.1) is 10.2 Å². The predicted octanol–water partition coefficient (Wildman–Crippen LogP) is 3.51. The van der Waals surface area contributed by atoms with Crippen molar-refractivity contribution in [2.45, 2.75) is 4.90 Å². The summed E-state index contributed by atoms with van der Waals surface area (Å²) >= 11 is 5.10. The summed E-state index contributed by atoms with van der Waals surface area (Å²) in [4.78, 5) is 13.1. The number of hydrogen-bond acceptors (Lipinski definition) is 7. The molecule has 30 heavy (non-hydrogen) atoms. The maximum Gasteiger partial charge on any atom is 0.270 e. The van der Waals surface area contributed by atoms with Crippen LogP contribution < -0.4 is 5.32 Å². The molecule has 1 heterocycles. The van der Waals surface area contributed by atoms with Gasteiger partial charge >= 0.3 is 0 Å². The number of nitrogens with zero attached hydrogens (tertiary/aromatic N) is 4. The summed E-state index contributed by atoms with van der Waals surface area (Å²) in [7, 11) is -0.774. The molecular weight excluding hydrogens is 432 g/mol. The Morgan fingerprint density at radius 3 is 2.67 bits per heavy atom. The summed E-state index contributed by atoms with van der Waals surface area (Å²) in [6.45, 7) is 0. The Bertz CT molecular complexity index is 1280. The number of aromatic hydroxyl groups is 1. The molecule has 3 rings (SSSR count). The van der Waals surface area contributed by atoms with Crippen LogP contribution in [0.1, 0.15) is 0 Å². The minimum atomic E-state index is -3.62. The van der Waals surface area contributed by atoms with Crippen LogP contribution in [0.5, 0.6) is 5.88 Å². The quantitative estimate of drug-likeness (QED) is 0.234. The van der Waals surface area contributed by atoms with E-state index in [2.05, 4.69) is 20.5 Å². The van der Waals surface area contributed by atoms with E-state index in [9.17, 15) is 23.6 Å². The molecule has 1 aromatic heterocycles. The van der Waals surface area contributed by atoms with E-state index >= 15 is 0 Å². The number of nitro groups is 1.